The predicted octanol–water partition coefficient (Wildman–Crippen LogP) is 10.5. The van der Waals surface area contributed by atoms with E-state index in [0.29, 0.717) is 0 Å². The largest absolute Gasteiger partial charge is 2.00 e. The van der Waals surface area contributed by atoms with Crippen molar-refractivity contribution >= 4 is 21.5 Å². The molecule has 4 aliphatic carbocycles. The van der Waals surface area contributed by atoms with Gasteiger partial charge in [0.2, 0.25) is 0 Å². The second-order valence-corrected chi connectivity index (χ2v) is 11.5. The average Bonchev–Trinajstić information content (AvgIpc) is 3.64. The standard InChI is InChI=1S/C20H12.C20H24.Zr/c1-3-11-17-15(7-1)9-5-13-19(17)20-14-6-10-16-8-2-4-12-18(16)20;1-3-7-19-15(5-1)9-11-17(19)13-14-18-12-10-16-6-2-4-8-20(16)18;/h1-12H;9-12H,1-8,13-14H2;/q-2;;+2. The SMILES string of the molecule is [CH]1[CH][C](CC[C]2[CH][CH][C]3CCCC[C]32)[C]2CCCC[C]12.[Zr+2].[c-]1ccc2ccccc2c1-c1[c-]ccc2ccccc12. The topological polar surface area (TPSA) is 0 Å². The second kappa shape index (κ2) is 13.7. The predicted molar refractivity (Wildman–Crippen MR) is 167 cm³/mol. The molecule has 4 aliphatic rings. The maximum absolute atomic E-state index is 3.39. The Kier molecular flexibility index (Phi) is 9.82. The molecule has 1 heteroatoms. The van der Waals surface area contributed by atoms with Crippen molar-refractivity contribution in [2.24, 2.45) is 0 Å². The Morgan fingerprint density at radius 2 is 0.927 bits per heavy atom. The van der Waals surface area contributed by atoms with Gasteiger partial charge in [-0.05, 0) is 99.7 Å². The number of fused-ring (bicyclic) bond motifs is 4. The van der Waals surface area contributed by atoms with Crippen molar-refractivity contribution in [3.8, 4) is 11.1 Å². The van der Waals surface area contributed by atoms with Gasteiger partial charge in [-0.25, -0.2) is 11.1 Å². The zero-order chi connectivity index (χ0) is 26.7. The minimum absolute atomic E-state index is 0. The van der Waals surface area contributed by atoms with Crippen molar-refractivity contribution in [2.75, 3.05) is 0 Å². The molecule has 4 saturated carbocycles. The number of hydrogen-bond acceptors (Lipinski definition) is 0. The van der Waals surface area contributed by atoms with Crippen LogP contribution >= 0.6 is 0 Å². The molecule has 0 unspecified atom stereocenters. The molecule has 4 aromatic carbocycles. The van der Waals surface area contributed by atoms with Crippen LogP contribution in [-0.2, 0) is 26.2 Å². The van der Waals surface area contributed by atoms with E-state index in [9.17, 15) is 0 Å². The van der Waals surface area contributed by atoms with Gasteiger partial charge in [0.1, 0.15) is 0 Å². The van der Waals surface area contributed by atoms with E-state index in [0.717, 1.165) is 11.1 Å². The van der Waals surface area contributed by atoms with Crippen molar-refractivity contribution in [1.82, 2.24) is 0 Å². The Labute approximate surface area is 267 Å². The summed E-state index contributed by atoms with van der Waals surface area (Å²) in [5.41, 5.74) is 2.25. The first kappa shape index (κ1) is 29.4. The van der Waals surface area contributed by atoms with E-state index >= 15 is 0 Å². The summed E-state index contributed by atoms with van der Waals surface area (Å²) in [6.45, 7) is 0. The number of benzene rings is 4. The molecule has 0 atom stereocenters. The molecular weight excluding hydrogens is 572 g/mol. The zero-order valence-corrected chi connectivity index (χ0v) is 26.3. The molecule has 0 nitrogen and oxygen atoms in total. The Balaban J connectivity index is 0.000000144. The summed E-state index contributed by atoms with van der Waals surface area (Å²) < 4.78 is 0. The third-order valence-corrected chi connectivity index (χ3v) is 9.12. The smallest absolute Gasteiger partial charge is 0.218 e. The molecule has 0 heterocycles. The average molecular weight is 608 g/mol. The van der Waals surface area contributed by atoms with Gasteiger partial charge in [-0.1, -0.05) is 62.1 Å². The van der Waals surface area contributed by atoms with Crippen LogP contribution in [0.4, 0.5) is 0 Å². The summed E-state index contributed by atoms with van der Waals surface area (Å²) in [6.07, 6.45) is 23.0. The monoisotopic (exact) mass is 606 g/mol. The Bertz CT molecular complexity index is 1300. The summed E-state index contributed by atoms with van der Waals surface area (Å²) in [5.74, 6) is 10.00. The van der Waals surface area contributed by atoms with Crippen molar-refractivity contribution < 1.29 is 26.2 Å². The molecule has 4 fully saturated rings. The van der Waals surface area contributed by atoms with Gasteiger partial charge >= 0.3 is 26.2 Å². The van der Waals surface area contributed by atoms with Crippen LogP contribution in [0.1, 0.15) is 64.2 Å². The van der Waals surface area contributed by atoms with Crippen LogP contribution in [-0.4, -0.2) is 0 Å². The zero-order valence-electron chi connectivity index (χ0n) is 23.8. The van der Waals surface area contributed by atoms with Crippen molar-refractivity contribution in [3.05, 3.63) is 146 Å². The molecule has 0 saturated heterocycles. The maximum Gasteiger partial charge on any atom is 2.00 e. The van der Waals surface area contributed by atoms with E-state index in [1.54, 1.807) is 35.5 Å². The van der Waals surface area contributed by atoms with E-state index in [1.165, 1.54) is 85.8 Å². The van der Waals surface area contributed by atoms with Crippen LogP contribution < -0.4 is 0 Å². The van der Waals surface area contributed by atoms with Crippen LogP contribution in [0.15, 0.2) is 72.8 Å². The van der Waals surface area contributed by atoms with Gasteiger partial charge in [0.15, 0.2) is 0 Å². The normalized spacial score (nSPS) is 20.9. The van der Waals surface area contributed by atoms with Gasteiger partial charge < -0.3 is 0 Å². The minimum atomic E-state index is 0. The fourth-order valence-corrected chi connectivity index (χ4v) is 7.04. The van der Waals surface area contributed by atoms with Crippen LogP contribution in [0, 0.1) is 73.3 Å². The van der Waals surface area contributed by atoms with Gasteiger partial charge in [-0.3, -0.25) is 0 Å². The fraction of sp³-hybridized carbons (Fsp3) is 0.250. The van der Waals surface area contributed by atoms with Crippen LogP contribution in [0.25, 0.3) is 32.7 Å². The molecule has 0 aromatic heterocycles. The second-order valence-electron chi connectivity index (χ2n) is 11.5. The van der Waals surface area contributed by atoms with Crippen LogP contribution in [0.3, 0.4) is 0 Å². The van der Waals surface area contributed by atoms with E-state index in [-0.39, 0.29) is 26.2 Å². The van der Waals surface area contributed by atoms with Crippen LogP contribution in [0.2, 0.25) is 0 Å². The molecule has 0 bridgehead atoms. The minimum Gasteiger partial charge on any atom is -0.218 e. The third-order valence-electron chi connectivity index (χ3n) is 9.12. The number of rotatable bonds is 4. The van der Waals surface area contributed by atoms with Gasteiger partial charge in [0.25, 0.3) is 0 Å². The fourth-order valence-electron chi connectivity index (χ4n) is 7.04. The van der Waals surface area contributed by atoms with E-state index in [4.69, 9.17) is 0 Å². The van der Waals surface area contributed by atoms with Gasteiger partial charge in [0, 0.05) is 0 Å². The summed E-state index contributed by atoms with van der Waals surface area (Å²) in [4.78, 5) is 0. The van der Waals surface area contributed by atoms with E-state index in [2.05, 4.69) is 98.5 Å². The molecule has 0 N–H and O–H groups in total. The molecule has 41 heavy (non-hydrogen) atoms. The molecule has 0 amide bonds. The van der Waals surface area contributed by atoms with E-state index < -0.39 is 0 Å². The Hall–Kier alpha value is -1.72. The third kappa shape index (κ3) is 6.32. The quantitative estimate of drug-likeness (QED) is 0.203. The van der Waals surface area contributed by atoms with Crippen molar-refractivity contribution in [2.45, 2.75) is 64.2 Å². The van der Waals surface area contributed by atoms with Crippen molar-refractivity contribution in [1.29, 1.82) is 0 Å². The summed E-state index contributed by atoms with van der Waals surface area (Å²) in [5, 5.41) is 4.93. The summed E-state index contributed by atoms with van der Waals surface area (Å²) >= 11 is 0. The summed E-state index contributed by atoms with van der Waals surface area (Å²) in [6, 6.07) is 31.8. The van der Waals surface area contributed by atoms with Gasteiger partial charge in [0.05, 0.1) is 0 Å². The molecular formula is C40H36Zr. The Morgan fingerprint density at radius 3 is 1.41 bits per heavy atom. The number of hydrogen-bond donors (Lipinski definition) is 0. The van der Waals surface area contributed by atoms with Crippen molar-refractivity contribution in [3.63, 3.8) is 0 Å². The molecule has 8 rings (SSSR count). The molecule has 10 radical (unpaired) electrons. The molecule has 0 spiro atoms. The first-order chi connectivity index (χ1) is 19.8. The molecule has 0 aliphatic heterocycles. The van der Waals surface area contributed by atoms with Gasteiger partial charge in [-0.15, -0.1) is 45.8 Å². The van der Waals surface area contributed by atoms with Gasteiger partial charge in [-0.2, -0.15) is 24.3 Å². The van der Waals surface area contributed by atoms with Crippen LogP contribution in [0.5, 0.6) is 0 Å². The first-order valence-electron chi connectivity index (χ1n) is 15.2. The summed E-state index contributed by atoms with van der Waals surface area (Å²) in [7, 11) is 0. The van der Waals surface area contributed by atoms with E-state index in [1.807, 2.05) is 12.1 Å². The Morgan fingerprint density at radius 1 is 0.488 bits per heavy atom. The molecule has 4 aromatic rings. The first-order valence-corrected chi connectivity index (χ1v) is 15.2. The molecule has 200 valence electrons. The maximum atomic E-state index is 3.39.